The first-order valence-electron chi connectivity index (χ1n) is 4.73. The highest BCUT2D eigenvalue weighted by Gasteiger charge is 2.21. The van der Waals surface area contributed by atoms with Gasteiger partial charge in [0.1, 0.15) is 5.69 Å². The molecule has 0 aliphatic rings. The molecule has 0 aliphatic carbocycles. The SMILES string of the molecule is CC(C)(C)c1nsnc1NCCCO. The van der Waals surface area contributed by atoms with E-state index in [-0.39, 0.29) is 12.0 Å². The van der Waals surface area contributed by atoms with E-state index in [1.807, 2.05) is 0 Å². The van der Waals surface area contributed by atoms with Gasteiger partial charge < -0.3 is 10.4 Å². The van der Waals surface area contributed by atoms with Gasteiger partial charge in [-0.1, -0.05) is 20.8 Å². The largest absolute Gasteiger partial charge is 0.396 e. The molecule has 0 bridgehead atoms. The topological polar surface area (TPSA) is 58.0 Å². The van der Waals surface area contributed by atoms with E-state index in [1.165, 1.54) is 11.7 Å². The van der Waals surface area contributed by atoms with E-state index in [2.05, 4.69) is 34.8 Å². The minimum Gasteiger partial charge on any atom is -0.396 e. The molecule has 0 aliphatic heterocycles. The minimum atomic E-state index is 0.0224. The molecule has 1 heterocycles. The number of nitrogens with one attached hydrogen (secondary N) is 1. The molecule has 2 N–H and O–H groups in total. The molecule has 0 unspecified atom stereocenters. The molecule has 1 rings (SSSR count). The van der Waals surface area contributed by atoms with E-state index in [0.717, 1.165) is 24.5 Å². The quantitative estimate of drug-likeness (QED) is 0.749. The van der Waals surface area contributed by atoms with E-state index >= 15 is 0 Å². The summed E-state index contributed by atoms with van der Waals surface area (Å²) in [6.07, 6.45) is 0.737. The molecular formula is C9H17N3OS. The van der Waals surface area contributed by atoms with Crippen LogP contribution in [0.15, 0.2) is 0 Å². The van der Waals surface area contributed by atoms with Crippen LogP contribution in [0.4, 0.5) is 5.82 Å². The van der Waals surface area contributed by atoms with Crippen LogP contribution in [-0.2, 0) is 5.41 Å². The second kappa shape index (κ2) is 4.70. The third-order valence-electron chi connectivity index (χ3n) is 1.83. The molecular weight excluding hydrogens is 198 g/mol. The summed E-state index contributed by atoms with van der Waals surface area (Å²) in [5, 5.41) is 11.8. The number of hydrogen-bond donors (Lipinski definition) is 2. The molecule has 0 amide bonds. The number of anilines is 1. The van der Waals surface area contributed by atoms with Crippen LogP contribution in [0, 0.1) is 0 Å². The van der Waals surface area contributed by atoms with Gasteiger partial charge in [-0.05, 0) is 6.42 Å². The highest BCUT2D eigenvalue weighted by Crippen LogP contribution is 2.27. The van der Waals surface area contributed by atoms with Crippen molar-refractivity contribution in [3.8, 4) is 0 Å². The van der Waals surface area contributed by atoms with Crippen LogP contribution < -0.4 is 5.32 Å². The lowest BCUT2D eigenvalue weighted by atomic mass is 9.92. The van der Waals surface area contributed by atoms with E-state index < -0.39 is 0 Å². The Balaban J connectivity index is 2.63. The van der Waals surface area contributed by atoms with Crippen LogP contribution in [0.3, 0.4) is 0 Å². The predicted octanol–water partition coefficient (Wildman–Crippen LogP) is 1.63. The number of aliphatic hydroxyl groups is 1. The minimum absolute atomic E-state index is 0.0224. The Kier molecular flexibility index (Phi) is 3.83. The van der Waals surface area contributed by atoms with Crippen LogP contribution >= 0.6 is 11.7 Å². The molecule has 80 valence electrons. The van der Waals surface area contributed by atoms with Crippen molar-refractivity contribution >= 4 is 17.5 Å². The van der Waals surface area contributed by atoms with Crippen molar-refractivity contribution < 1.29 is 5.11 Å². The van der Waals surface area contributed by atoms with Gasteiger partial charge in [-0.25, -0.2) is 0 Å². The van der Waals surface area contributed by atoms with Gasteiger partial charge in [-0.3, -0.25) is 0 Å². The Morgan fingerprint density at radius 2 is 2.07 bits per heavy atom. The van der Waals surface area contributed by atoms with Crippen molar-refractivity contribution in [3.05, 3.63) is 5.69 Å². The molecule has 1 aromatic rings. The fraction of sp³-hybridized carbons (Fsp3) is 0.778. The summed E-state index contributed by atoms with van der Waals surface area (Å²) >= 11 is 1.23. The third kappa shape index (κ3) is 2.92. The Hall–Kier alpha value is -0.680. The highest BCUT2D eigenvalue weighted by molar-refractivity contribution is 6.99. The first-order valence-corrected chi connectivity index (χ1v) is 5.46. The standard InChI is InChI=1S/C9H17N3OS/c1-9(2,3)7-8(12-14-11-7)10-5-4-6-13/h13H,4-6H2,1-3H3,(H,10,12). The molecule has 0 spiro atoms. The maximum atomic E-state index is 8.65. The van der Waals surface area contributed by atoms with E-state index in [4.69, 9.17) is 5.11 Å². The monoisotopic (exact) mass is 215 g/mol. The fourth-order valence-electron chi connectivity index (χ4n) is 1.08. The Labute approximate surface area is 88.7 Å². The van der Waals surface area contributed by atoms with Crippen LogP contribution in [0.5, 0.6) is 0 Å². The number of hydrogen-bond acceptors (Lipinski definition) is 5. The van der Waals surface area contributed by atoms with Crippen LogP contribution in [0.1, 0.15) is 32.9 Å². The Morgan fingerprint density at radius 3 is 2.64 bits per heavy atom. The number of nitrogens with zero attached hydrogens (tertiary/aromatic N) is 2. The fourth-order valence-corrected chi connectivity index (χ4v) is 1.80. The summed E-state index contributed by atoms with van der Waals surface area (Å²) in [5.74, 6) is 0.857. The van der Waals surface area contributed by atoms with Crippen LogP contribution in [0.2, 0.25) is 0 Å². The van der Waals surface area contributed by atoms with Gasteiger partial charge >= 0.3 is 0 Å². The van der Waals surface area contributed by atoms with E-state index in [0.29, 0.717) is 0 Å². The normalized spacial score (nSPS) is 11.7. The number of aromatic nitrogens is 2. The molecule has 0 saturated heterocycles. The molecule has 0 atom stereocenters. The lowest BCUT2D eigenvalue weighted by Crippen LogP contribution is -2.15. The predicted molar refractivity (Wildman–Crippen MR) is 58.8 cm³/mol. The Bertz CT molecular complexity index is 280. The molecule has 0 fully saturated rings. The van der Waals surface area contributed by atoms with E-state index in [9.17, 15) is 0 Å². The molecule has 14 heavy (non-hydrogen) atoms. The molecule has 1 aromatic heterocycles. The van der Waals surface area contributed by atoms with Gasteiger partial charge in [0.15, 0.2) is 5.82 Å². The summed E-state index contributed by atoms with van der Waals surface area (Å²) in [4.78, 5) is 0. The summed E-state index contributed by atoms with van der Waals surface area (Å²) in [6.45, 7) is 7.28. The third-order valence-corrected chi connectivity index (χ3v) is 2.35. The van der Waals surface area contributed by atoms with Gasteiger partial charge in [-0.15, -0.1) is 0 Å². The summed E-state index contributed by atoms with van der Waals surface area (Å²) in [5.41, 5.74) is 1.02. The molecule has 0 radical (unpaired) electrons. The zero-order valence-corrected chi connectivity index (χ0v) is 9.69. The number of rotatable bonds is 4. The number of aliphatic hydroxyl groups excluding tert-OH is 1. The van der Waals surface area contributed by atoms with Crippen LogP contribution in [0.25, 0.3) is 0 Å². The smallest absolute Gasteiger partial charge is 0.163 e. The van der Waals surface area contributed by atoms with E-state index in [1.54, 1.807) is 0 Å². The van der Waals surface area contributed by atoms with Crippen molar-refractivity contribution in [2.24, 2.45) is 0 Å². The van der Waals surface area contributed by atoms with Gasteiger partial charge in [0.05, 0.1) is 11.7 Å². The molecule has 0 saturated carbocycles. The van der Waals surface area contributed by atoms with Crippen molar-refractivity contribution in [2.75, 3.05) is 18.5 Å². The van der Waals surface area contributed by atoms with Crippen molar-refractivity contribution in [3.63, 3.8) is 0 Å². The lowest BCUT2D eigenvalue weighted by molar-refractivity contribution is 0.292. The van der Waals surface area contributed by atoms with Gasteiger partial charge in [0.25, 0.3) is 0 Å². The second-order valence-electron chi connectivity index (χ2n) is 4.22. The average molecular weight is 215 g/mol. The first-order chi connectivity index (χ1) is 6.55. The lowest BCUT2D eigenvalue weighted by Gasteiger charge is -2.16. The Morgan fingerprint density at radius 1 is 1.36 bits per heavy atom. The zero-order valence-electron chi connectivity index (χ0n) is 8.87. The summed E-state index contributed by atoms with van der Waals surface area (Å²) in [7, 11) is 0. The first kappa shape index (κ1) is 11.4. The van der Waals surface area contributed by atoms with Gasteiger partial charge in [0.2, 0.25) is 0 Å². The van der Waals surface area contributed by atoms with Crippen molar-refractivity contribution in [1.29, 1.82) is 0 Å². The van der Waals surface area contributed by atoms with Gasteiger partial charge in [0, 0.05) is 18.6 Å². The van der Waals surface area contributed by atoms with Gasteiger partial charge in [-0.2, -0.15) is 8.75 Å². The molecule has 4 nitrogen and oxygen atoms in total. The zero-order chi connectivity index (χ0) is 10.6. The highest BCUT2D eigenvalue weighted by atomic mass is 32.1. The van der Waals surface area contributed by atoms with Crippen molar-refractivity contribution in [1.82, 2.24) is 8.75 Å². The molecule has 0 aromatic carbocycles. The maximum Gasteiger partial charge on any atom is 0.163 e. The average Bonchev–Trinajstić information content (AvgIpc) is 2.52. The molecule has 5 heteroatoms. The maximum absolute atomic E-state index is 8.65. The second-order valence-corrected chi connectivity index (χ2v) is 4.74. The van der Waals surface area contributed by atoms with Crippen LogP contribution in [-0.4, -0.2) is 27.0 Å². The summed E-state index contributed by atoms with van der Waals surface area (Å²) in [6, 6.07) is 0. The summed E-state index contributed by atoms with van der Waals surface area (Å²) < 4.78 is 8.46. The van der Waals surface area contributed by atoms with Crippen molar-refractivity contribution in [2.45, 2.75) is 32.6 Å².